The third-order valence-electron chi connectivity index (χ3n) is 2.46. The number of ether oxygens (including phenoxy) is 2. The van der Waals surface area contributed by atoms with Crippen molar-refractivity contribution in [2.75, 3.05) is 13.7 Å². The Hall–Kier alpha value is -0.550. The van der Waals surface area contributed by atoms with E-state index in [-0.39, 0.29) is 12.2 Å². The third-order valence-corrected chi connectivity index (χ3v) is 2.46. The molecule has 15 heavy (non-hydrogen) atoms. The highest BCUT2D eigenvalue weighted by atomic mass is 19.4. The number of methoxy groups -OCH3 is 1. The van der Waals surface area contributed by atoms with Gasteiger partial charge in [-0.25, -0.2) is 0 Å². The smallest absolute Gasteiger partial charge is 0.377 e. The van der Waals surface area contributed by atoms with Crippen LogP contribution >= 0.6 is 0 Å². The number of halogens is 3. The van der Waals surface area contributed by atoms with Crippen LogP contribution in [0.3, 0.4) is 0 Å². The van der Waals surface area contributed by atoms with Crippen molar-refractivity contribution in [3.8, 4) is 0 Å². The van der Waals surface area contributed by atoms with E-state index in [0.717, 1.165) is 5.57 Å². The van der Waals surface area contributed by atoms with Gasteiger partial charge in [0.25, 0.3) is 0 Å². The fourth-order valence-electron chi connectivity index (χ4n) is 1.71. The zero-order valence-corrected chi connectivity index (χ0v) is 8.64. The van der Waals surface area contributed by atoms with E-state index in [9.17, 15) is 13.2 Å². The van der Waals surface area contributed by atoms with Gasteiger partial charge in [0.1, 0.15) is 6.61 Å². The van der Waals surface area contributed by atoms with Crippen LogP contribution in [-0.2, 0) is 9.47 Å². The first-order valence-corrected chi connectivity index (χ1v) is 4.81. The quantitative estimate of drug-likeness (QED) is 0.686. The summed E-state index contributed by atoms with van der Waals surface area (Å²) in [5.74, 6) is 0. The largest absolute Gasteiger partial charge is 0.411 e. The van der Waals surface area contributed by atoms with Gasteiger partial charge >= 0.3 is 6.18 Å². The Labute approximate surface area is 87.1 Å². The molecule has 0 aliphatic heterocycles. The SMILES string of the molecule is C=C1CC(OCC(F)(F)F)CCC1OC. The molecule has 0 N–H and O–H groups in total. The van der Waals surface area contributed by atoms with Crippen molar-refractivity contribution in [2.45, 2.75) is 37.6 Å². The molecular formula is C10H15F3O2. The summed E-state index contributed by atoms with van der Waals surface area (Å²) in [5.41, 5.74) is 0.816. The van der Waals surface area contributed by atoms with Crippen LogP contribution < -0.4 is 0 Å². The Morgan fingerprint density at radius 2 is 2.07 bits per heavy atom. The molecule has 1 aliphatic rings. The van der Waals surface area contributed by atoms with E-state index >= 15 is 0 Å². The van der Waals surface area contributed by atoms with Gasteiger partial charge in [-0.2, -0.15) is 13.2 Å². The second kappa shape index (κ2) is 4.99. The maximum absolute atomic E-state index is 11.9. The molecule has 0 radical (unpaired) electrons. The summed E-state index contributed by atoms with van der Waals surface area (Å²) in [7, 11) is 1.58. The van der Waals surface area contributed by atoms with E-state index in [0.29, 0.717) is 19.3 Å². The molecule has 2 atom stereocenters. The van der Waals surface area contributed by atoms with Crippen LogP contribution in [0.4, 0.5) is 13.2 Å². The van der Waals surface area contributed by atoms with Crippen LogP contribution in [0.25, 0.3) is 0 Å². The standard InChI is InChI=1S/C10H15F3O2/c1-7-5-8(3-4-9(7)14-2)15-6-10(11,12)13/h8-9H,1,3-6H2,2H3. The number of alkyl halides is 3. The van der Waals surface area contributed by atoms with Crippen LogP contribution in [0.2, 0.25) is 0 Å². The predicted octanol–water partition coefficient (Wildman–Crippen LogP) is 2.69. The van der Waals surface area contributed by atoms with Crippen LogP contribution in [0.5, 0.6) is 0 Å². The predicted molar refractivity (Wildman–Crippen MR) is 49.6 cm³/mol. The number of rotatable bonds is 3. The molecular weight excluding hydrogens is 209 g/mol. The Morgan fingerprint density at radius 3 is 2.53 bits per heavy atom. The highest BCUT2D eigenvalue weighted by Crippen LogP contribution is 2.28. The lowest BCUT2D eigenvalue weighted by Crippen LogP contribution is -2.30. The van der Waals surface area contributed by atoms with Gasteiger partial charge < -0.3 is 9.47 Å². The summed E-state index contributed by atoms with van der Waals surface area (Å²) in [6.45, 7) is 2.60. The first-order valence-electron chi connectivity index (χ1n) is 4.81. The second-order valence-electron chi connectivity index (χ2n) is 3.71. The van der Waals surface area contributed by atoms with Gasteiger partial charge in [-0.05, 0) is 24.8 Å². The first kappa shape index (κ1) is 12.5. The molecule has 1 saturated carbocycles. The van der Waals surface area contributed by atoms with Crippen molar-refractivity contribution in [2.24, 2.45) is 0 Å². The average Bonchev–Trinajstić information content (AvgIpc) is 2.14. The van der Waals surface area contributed by atoms with Crippen molar-refractivity contribution >= 4 is 0 Å². The summed E-state index contributed by atoms with van der Waals surface area (Å²) < 4.78 is 45.5. The van der Waals surface area contributed by atoms with Crippen molar-refractivity contribution in [1.82, 2.24) is 0 Å². The van der Waals surface area contributed by atoms with Crippen LogP contribution in [-0.4, -0.2) is 32.1 Å². The molecule has 0 spiro atoms. The van der Waals surface area contributed by atoms with E-state index in [1.165, 1.54) is 0 Å². The van der Waals surface area contributed by atoms with E-state index < -0.39 is 12.8 Å². The molecule has 0 heterocycles. The summed E-state index contributed by atoms with van der Waals surface area (Å²) in [6.07, 6.45) is -2.93. The summed E-state index contributed by atoms with van der Waals surface area (Å²) in [6, 6.07) is 0. The van der Waals surface area contributed by atoms with Gasteiger partial charge in [0.05, 0.1) is 12.2 Å². The molecule has 0 bridgehead atoms. The molecule has 1 aliphatic carbocycles. The maximum atomic E-state index is 11.9. The summed E-state index contributed by atoms with van der Waals surface area (Å²) in [4.78, 5) is 0. The normalized spacial score (nSPS) is 28.1. The van der Waals surface area contributed by atoms with E-state index in [2.05, 4.69) is 6.58 Å². The lowest BCUT2D eigenvalue weighted by atomic mass is 9.91. The number of hydrogen-bond acceptors (Lipinski definition) is 2. The molecule has 0 amide bonds. The van der Waals surface area contributed by atoms with E-state index in [1.54, 1.807) is 7.11 Å². The zero-order valence-electron chi connectivity index (χ0n) is 8.64. The molecule has 0 saturated heterocycles. The molecule has 0 aromatic rings. The second-order valence-corrected chi connectivity index (χ2v) is 3.71. The molecule has 88 valence electrons. The van der Waals surface area contributed by atoms with Crippen molar-refractivity contribution in [3.05, 3.63) is 12.2 Å². The van der Waals surface area contributed by atoms with Crippen LogP contribution in [0.1, 0.15) is 19.3 Å². The maximum Gasteiger partial charge on any atom is 0.411 e. The van der Waals surface area contributed by atoms with Gasteiger partial charge in [0, 0.05) is 7.11 Å². The van der Waals surface area contributed by atoms with Crippen molar-refractivity contribution in [1.29, 1.82) is 0 Å². The fraction of sp³-hybridized carbons (Fsp3) is 0.800. The molecule has 2 unspecified atom stereocenters. The minimum atomic E-state index is -4.25. The van der Waals surface area contributed by atoms with Crippen molar-refractivity contribution < 1.29 is 22.6 Å². The lowest BCUT2D eigenvalue weighted by Gasteiger charge is -2.29. The third kappa shape index (κ3) is 4.22. The van der Waals surface area contributed by atoms with E-state index in [1.807, 2.05) is 0 Å². The first-order chi connectivity index (χ1) is 6.92. The Kier molecular flexibility index (Phi) is 4.16. The monoisotopic (exact) mass is 224 g/mol. The van der Waals surface area contributed by atoms with Crippen LogP contribution in [0, 0.1) is 0 Å². The van der Waals surface area contributed by atoms with Gasteiger partial charge in [-0.1, -0.05) is 6.58 Å². The van der Waals surface area contributed by atoms with Gasteiger partial charge in [-0.15, -0.1) is 0 Å². The summed E-state index contributed by atoms with van der Waals surface area (Å²) >= 11 is 0. The Balaban J connectivity index is 2.32. The Bertz CT molecular complexity index is 225. The summed E-state index contributed by atoms with van der Waals surface area (Å²) in [5, 5.41) is 0. The Morgan fingerprint density at radius 1 is 1.40 bits per heavy atom. The number of hydrogen-bond donors (Lipinski definition) is 0. The van der Waals surface area contributed by atoms with Crippen molar-refractivity contribution in [3.63, 3.8) is 0 Å². The molecule has 0 aromatic carbocycles. The van der Waals surface area contributed by atoms with Crippen LogP contribution in [0.15, 0.2) is 12.2 Å². The molecule has 5 heteroatoms. The average molecular weight is 224 g/mol. The highest BCUT2D eigenvalue weighted by molar-refractivity contribution is 5.07. The minimum Gasteiger partial charge on any atom is -0.377 e. The van der Waals surface area contributed by atoms with Gasteiger partial charge in [-0.3, -0.25) is 0 Å². The molecule has 2 nitrogen and oxygen atoms in total. The zero-order chi connectivity index (χ0) is 11.5. The highest BCUT2D eigenvalue weighted by Gasteiger charge is 2.31. The van der Waals surface area contributed by atoms with Gasteiger partial charge in [0.2, 0.25) is 0 Å². The molecule has 1 rings (SSSR count). The topological polar surface area (TPSA) is 18.5 Å². The fourth-order valence-corrected chi connectivity index (χ4v) is 1.71. The van der Waals surface area contributed by atoms with Gasteiger partial charge in [0.15, 0.2) is 0 Å². The van der Waals surface area contributed by atoms with E-state index in [4.69, 9.17) is 9.47 Å². The lowest BCUT2D eigenvalue weighted by molar-refractivity contribution is -0.187. The molecule has 0 aromatic heterocycles. The molecule has 1 fully saturated rings. The minimum absolute atomic E-state index is 0.0317.